The summed E-state index contributed by atoms with van der Waals surface area (Å²) in [4.78, 5) is 10.6. The third-order valence-corrected chi connectivity index (χ3v) is 5.19. The van der Waals surface area contributed by atoms with E-state index in [-0.39, 0.29) is 11.7 Å². The fraction of sp³-hybridized carbons (Fsp3) is 0.190. The number of hydrogen-bond acceptors (Lipinski definition) is 7. The number of methoxy groups -OCH3 is 1. The van der Waals surface area contributed by atoms with Crippen molar-refractivity contribution in [1.82, 2.24) is 5.01 Å². The third-order valence-electron chi connectivity index (χ3n) is 5.19. The van der Waals surface area contributed by atoms with E-state index >= 15 is 0 Å². The van der Waals surface area contributed by atoms with Crippen molar-refractivity contribution < 1.29 is 18.8 Å². The number of ether oxygens (including phenoxy) is 2. The molecule has 3 aromatic rings. The van der Waals surface area contributed by atoms with Gasteiger partial charge in [0.15, 0.2) is 11.5 Å². The van der Waals surface area contributed by atoms with E-state index in [2.05, 4.69) is 0 Å². The standard InChI is InChI=1S/C21H17N3O5/c1-27-19-5-2-4-15-17-12-16(18-6-3-11-28-18)22-23(17)21(29-20(15)19)13-7-9-14(10-8-13)24(25)26/h2-11,17,21H,12H2,1H3/t17-,21-/m1/s1. The molecule has 0 spiro atoms. The van der Waals surface area contributed by atoms with Crippen molar-refractivity contribution in [2.75, 3.05) is 7.11 Å². The normalized spacial score (nSPS) is 19.8. The lowest BCUT2D eigenvalue weighted by Gasteiger charge is -2.38. The second kappa shape index (κ2) is 6.66. The number of para-hydroxylation sites is 1. The number of rotatable bonds is 4. The molecule has 0 unspecified atom stereocenters. The minimum atomic E-state index is -0.544. The average Bonchev–Trinajstić information content (AvgIpc) is 3.42. The number of nitro benzene ring substituents is 1. The first kappa shape index (κ1) is 17.3. The number of benzene rings is 2. The first-order valence-corrected chi connectivity index (χ1v) is 9.13. The van der Waals surface area contributed by atoms with Crippen LogP contribution in [-0.4, -0.2) is 22.8 Å². The minimum Gasteiger partial charge on any atom is -0.493 e. The molecule has 0 aliphatic carbocycles. The Morgan fingerprint density at radius 1 is 1.17 bits per heavy atom. The Bertz CT molecular complexity index is 1090. The summed E-state index contributed by atoms with van der Waals surface area (Å²) < 4.78 is 17.4. The Hall–Kier alpha value is -3.81. The summed E-state index contributed by atoms with van der Waals surface area (Å²) in [6.07, 6.45) is 1.73. The highest BCUT2D eigenvalue weighted by atomic mass is 16.6. The van der Waals surface area contributed by atoms with E-state index < -0.39 is 11.2 Å². The molecule has 5 rings (SSSR count). The molecule has 0 N–H and O–H groups in total. The highest BCUT2D eigenvalue weighted by Crippen LogP contribution is 2.50. The van der Waals surface area contributed by atoms with Crippen LogP contribution in [0, 0.1) is 10.1 Å². The first-order valence-electron chi connectivity index (χ1n) is 9.13. The summed E-state index contributed by atoms with van der Waals surface area (Å²) in [6.45, 7) is 0. The SMILES string of the molecule is COc1cccc2c1O[C@H](c1ccc([N+](=O)[O-])cc1)N1N=C(c3ccco3)C[C@H]21. The molecule has 2 aromatic carbocycles. The molecule has 2 aliphatic rings. The van der Waals surface area contributed by atoms with Crippen LogP contribution in [0.1, 0.15) is 35.6 Å². The number of nitro groups is 1. The summed E-state index contributed by atoms with van der Waals surface area (Å²) in [7, 11) is 1.60. The molecule has 3 heterocycles. The van der Waals surface area contributed by atoms with Crippen LogP contribution in [0.25, 0.3) is 0 Å². The second-order valence-electron chi connectivity index (χ2n) is 6.82. The van der Waals surface area contributed by atoms with E-state index in [1.165, 1.54) is 12.1 Å². The van der Waals surface area contributed by atoms with Crippen LogP contribution in [0.4, 0.5) is 5.69 Å². The summed E-state index contributed by atoms with van der Waals surface area (Å²) in [5, 5.41) is 17.7. The van der Waals surface area contributed by atoms with Crippen LogP contribution in [0.2, 0.25) is 0 Å². The van der Waals surface area contributed by atoms with Crippen LogP contribution in [0.5, 0.6) is 11.5 Å². The van der Waals surface area contributed by atoms with Gasteiger partial charge in [0.1, 0.15) is 11.5 Å². The van der Waals surface area contributed by atoms with Crippen molar-refractivity contribution in [3.63, 3.8) is 0 Å². The monoisotopic (exact) mass is 391 g/mol. The zero-order valence-electron chi connectivity index (χ0n) is 15.5. The molecular weight excluding hydrogens is 374 g/mol. The van der Waals surface area contributed by atoms with Gasteiger partial charge < -0.3 is 13.9 Å². The van der Waals surface area contributed by atoms with Gasteiger partial charge in [-0.15, -0.1) is 0 Å². The molecule has 1 aromatic heterocycles. The molecular formula is C21H17N3O5. The largest absolute Gasteiger partial charge is 0.493 e. The first-order chi connectivity index (χ1) is 14.2. The molecule has 8 heteroatoms. The van der Waals surface area contributed by atoms with Gasteiger partial charge in [-0.1, -0.05) is 12.1 Å². The number of non-ortho nitro benzene ring substituents is 1. The van der Waals surface area contributed by atoms with Crippen LogP contribution in [0.3, 0.4) is 0 Å². The van der Waals surface area contributed by atoms with Gasteiger partial charge >= 0.3 is 0 Å². The molecule has 2 aliphatic heterocycles. The molecule has 29 heavy (non-hydrogen) atoms. The maximum absolute atomic E-state index is 11.0. The molecule has 0 saturated heterocycles. The number of fused-ring (bicyclic) bond motifs is 3. The van der Waals surface area contributed by atoms with E-state index in [1.807, 2.05) is 35.3 Å². The van der Waals surface area contributed by atoms with Gasteiger partial charge in [-0.05, 0) is 30.3 Å². The van der Waals surface area contributed by atoms with Gasteiger partial charge in [-0.3, -0.25) is 10.1 Å². The Morgan fingerprint density at radius 2 is 2.00 bits per heavy atom. The van der Waals surface area contributed by atoms with Crippen molar-refractivity contribution in [2.45, 2.75) is 18.7 Å². The highest BCUT2D eigenvalue weighted by molar-refractivity contribution is 5.99. The maximum atomic E-state index is 11.0. The highest BCUT2D eigenvalue weighted by Gasteiger charge is 2.42. The predicted octanol–water partition coefficient (Wildman–Crippen LogP) is 4.44. The quantitative estimate of drug-likeness (QED) is 0.482. The van der Waals surface area contributed by atoms with E-state index in [1.54, 1.807) is 25.5 Å². The van der Waals surface area contributed by atoms with Gasteiger partial charge in [-0.2, -0.15) is 5.10 Å². The zero-order chi connectivity index (χ0) is 20.0. The summed E-state index contributed by atoms with van der Waals surface area (Å²) in [5.41, 5.74) is 2.60. The van der Waals surface area contributed by atoms with E-state index in [9.17, 15) is 10.1 Å². The van der Waals surface area contributed by atoms with Gasteiger partial charge in [0.25, 0.3) is 5.69 Å². The molecule has 0 amide bonds. The van der Waals surface area contributed by atoms with Gasteiger partial charge in [-0.25, -0.2) is 5.01 Å². The van der Waals surface area contributed by atoms with Gasteiger partial charge in [0.2, 0.25) is 6.23 Å². The van der Waals surface area contributed by atoms with Crippen LogP contribution < -0.4 is 9.47 Å². The molecule has 8 nitrogen and oxygen atoms in total. The zero-order valence-corrected chi connectivity index (χ0v) is 15.5. The summed E-state index contributed by atoms with van der Waals surface area (Å²) in [5.74, 6) is 2.02. The topological polar surface area (TPSA) is 90.3 Å². The lowest BCUT2D eigenvalue weighted by Crippen LogP contribution is -2.33. The molecule has 2 atom stereocenters. The summed E-state index contributed by atoms with van der Waals surface area (Å²) in [6, 6.07) is 15.8. The fourth-order valence-electron chi connectivity index (χ4n) is 3.82. The minimum absolute atomic E-state index is 0.0280. The van der Waals surface area contributed by atoms with Gasteiger partial charge in [0.05, 0.1) is 24.3 Å². The Balaban J connectivity index is 1.60. The van der Waals surface area contributed by atoms with E-state index in [4.69, 9.17) is 19.0 Å². The predicted molar refractivity (Wildman–Crippen MR) is 104 cm³/mol. The second-order valence-corrected chi connectivity index (χ2v) is 6.82. The lowest BCUT2D eigenvalue weighted by molar-refractivity contribution is -0.384. The number of furan rings is 1. The van der Waals surface area contributed by atoms with Crippen LogP contribution in [-0.2, 0) is 0 Å². The molecule has 0 fully saturated rings. The van der Waals surface area contributed by atoms with Crippen molar-refractivity contribution in [3.05, 3.63) is 87.9 Å². The third kappa shape index (κ3) is 2.80. The van der Waals surface area contributed by atoms with Crippen LogP contribution >= 0.6 is 0 Å². The Kier molecular flexibility index (Phi) is 3.97. The number of hydrogen-bond donors (Lipinski definition) is 0. The smallest absolute Gasteiger partial charge is 0.269 e. The van der Waals surface area contributed by atoms with Gasteiger partial charge in [0, 0.05) is 29.7 Å². The maximum Gasteiger partial charge on any atom is 0.269 e. The Morgan fingerprint density at radius 3 is 2.69 bits per heavy atom. The summed E-state index contributed by atoms with van der Waals surface area (Å²) >= 11 is 0. The molecule has 0 bridgehead atoms. The van der Waals surface area contributed by atoms with Crippen molar-refractivity contribution in [1.29, 1.82) is 0 Å². The van der Waals surface area contributed by atoms with Crippen molar-refractivity contribution in [2.24, 2.45) is 5.10 Å². The van der Waals surface area contributed by atoms with Crippen molar-refractivity contribution in [3.8, 4) is 11.5 Å². The number of nitrogens with zero attached hydrogens (tertiary/aromatic N) is 3. The van der Waals surface area contributed by atoms with E-state index in [0.29, 0.717) is 23.7 Å². The van der Waals surface area contributed by atoms with Crippen molar-refractivity contribution >= 4 is 11.4 Å². The molecule has 146 valence electrons. The molecule has 0 radical (unpaired) electrons. The fourth-order valence-corrected chi connectivity index (χ4v) is 3.82. The lowest BCUT2D eigenvalue weighted by atomic mass is 9.97. The molecule has 0 saturated carbocycles. The van der Waals surface area contributed by atoms with Crippen LogP contribution in [0.15, 0.2) is 70.4 Å². The Labute approximate surface area is 166 Å². The average molecular weight is 391 g/mol. The van der Waals surface area contributed by atoms with E-state index in [0.717, 1.165) is 16.8 Å². The number of hydrazone groups is 1.